The van der Waals surface area contributed by atoms with Gasteiger partial charge in [0.25, 0.3) is 0 Å². The monoisotopic (exact) mass is 335 g/mol. The highest BCUT2D eigenvalue weighted by Crippen LogP contribution is 2.44. The van der Waals surface area contributed by atoms with E-state index in [1.54, 1.807) is 0 Å². The van der Waals surface area contributed by atoms with Gasteiger partial charge in [-0.2, -0.15) is 10.4 Å². The van der Waals surface area contributed by atoms with E-state index in [0.717, 1.165) is 36.3 Å². The van der Waals surface area contributed by atoms with Crippen LogP contribution >= 0.6 is 0 Å². The number of nitrogens with zero attached hydrogens (tertiary/aromatic N) is 2. The third kappa shape index (κ3) is 2.68. The summed E-state index contributed by atoms with van der Waals surface area (Å²) in [4.78, 5) is 0. The summed E-state index contributed by atoms with van der Waals surface area (Å²) in [5, 5.41) is 20.3. The summed E-state index contributed by atoms with van der Waals surface area (Å²) in [6.45, 7) is 8.51. The van der Waals surface area contributed by atoms with Gasteiger partial charge in [-0.15, -0.1) is 0 Å². The van der Waals surface area contributed by atoms with Crippen LogP contribution in [0.15, 0.2) is 23.5 Å². The van der Waals surface area contributed by atoms with Crippen molar-refractivity contribution in [2.24, 2.45) is 5.73 Å². The van der Waals surface area contributed by atoms with E-state index in [9.17, 15) is 5.26 Å². The molecule has 0 aliphatic carbocycles. The first-order valence-electron chi connectivity index (χ1n) is 8.91. The summed E-state index contributed by atoms with van der Waals surface area (Å²) in [5.74, 6) is 0.952. The Hall–Kier alpha value is -2.74. The summed E-state index contributed by atoms with van der Waals surface area (Å²) in [5.41, 5.74) is 13.9. The third-order valence-corrected chi connectivity index (χ3v) is 5.11. The van der Waals surface area contributed by atoms with Crippen LogP contribution in [0.4, 0.5) is 5.82 Å². The Morgan fingerprint density at radius 3 is 2.28 bits per heavy atom. The SMILES string of the molecule is CCc1cc(CC)c([C@H]2C(C#N)=C(N)Nc3n[nH]c(C)c32)c(CC)c1. The van der Waals surface area contributed by atoms with Gasteiger partial charge < -0.3 is 11.1 Å². The normalized spacial score (nSPS) is 16.4. The van der Waals surface area contributed by atoms with Crippen molar-refractivity contribution in [2.45, 2.75) is 52.9 Å². The molecule has 1 aromatic carbocycles. The first kappa shape index (κ1) is 17.1. The van der Waals surface area contributed by atoms with Gasteiger partial charge in [-0.25, -0.2) is 0 Å². The van der Waals surface area contributed by atoms with Gasteiger partial charge in [0, 0.05) is 11.3 Å². The molecule has 130 valence electrons. The quantitative estimate of drug-likeness (QED) is 0.795. The number of benzene rings is 1. The highest BCUT2D eigenvalue weighted by Gasteiger charge is 2.34. The standard InChI is InChI=1S/C20H25N5/c1-5-12-8-13(6-2)17(14(7-3)9-12)18-15(10-21)19(22)23-20-16(18)11(4)24-25-20/h8-9,18H,5-7,22H2,1-4H3,(H2,23,24,25)/t18-/m0/s1. The molecule has 0 unspecified atom stereocenters. The van der Waals surface area contributed by atoms with Crippen molar-refractivity contribution in [2.75, 3.05) is 5.32 Å². The summed E-state index contributed by atoms with van der Waals surface area (Å²) in [6, 6.07) is 6.89. The Balaban J connectivity index is 2.34. The fourth-order valence-electron chi connectivity index (χ4n) is 3.81. The number of aryl methyl sites for hydroxylation is 4. The number of nitrogens with one attached hydrogen (secondary N) is 2. The van der Waals surface area contributed by atoms with Crippen molar-refractivity contribution in [3.63, 3.8) is 0 Å². The lowest BCUT2D eigenvalue weighted by Gasteiger charge is -2.29. The molecule has 5 heteroatoms. The topological polar surface area (TPSA) is 90.5 Å². The van der Waals surface area contributed by atoms with E-state index >= 15 is 0 Å². The van der Waals surface area contributed by atoms with Gasteiger partial charge in [-0.3, -0.25) is 5.10 Å². The molecule has 0 amide bonds. The van der Waals surface area contributed by atoms with Gasteiger partial charge in [-0.1, -0.05) is 32.9 Å². The van der Waals surface area contributed by atoms with E-state index in [1.807, 2.05) is 6.92 Å². The third-order valence-electron chi connectivity index (χ3n) is 5.11. The number of H-pyrrole nitrogens is 1. The average Bonchev–Trinajstić information content (AvgIpc) is 2.99. The molecule has 1 aliphatic rings. The van der Waals surface area contributed by atoms with Crippen molar-refractivity contribution >= 4 is 5.82 Å². The second-order valence-corrected chi connectivity index (χ2v) is 6.50. The lowest BCUT2D eigenvalue weighted by Crippen LogP contribution is -2.24. The number of aromatic amines is 1. The second kappa shape index (κ2) is 6.64. The molecule has 1 aliphatic heterocycles. The van der Waals surface area contributed by atoms with E-state index in [0.29, 0.717) is 11.4 Å². The van der Waals surface area contributed by atoms with Crippen molar-refractivity contribution in [1.29, 1.82) is 5.26 Å². The smallest absolute Gasteiger partial charge is 0.157 e. The summed E-state index contributed by atoms with van der Waals surface area (Å²) in [7, 11) is 0. The maximum Gasteiger partial charge on any atom is 0.157 e. The number of hydrogen-bond donors (Lipinski definition) is 3. The Morgan fingerprint density at radius 1 is 1.12 bits per heavy atom. The lowest BCUT2D eigenvalue weighted by atomic mass is 9.77. The van der Waals surface area contributed by atoms with Gasteiger partial charge in [0.15, 0.2) is 5.82 Å². The van der Waals surface area contributed by atoms with Crippen LogP contribution < -0.4 is 11.1 Å². The molecule has 0 radical (unpaired) electrons. The largest absolute Gasteiger partial charge is 0.384 e. The van der Waals surface area contributed by atoms with Crippen molar-refractivity contribution in [1.82, 2.24) is 10.2 Å². The maximum atomic E-state index is 9.82. The van der Waals surface area contributed by atoms with Crippen molar-refractivity contribution in [3.05, 3.63) is 57.0 Å². The van der Waals surface area contributed by atoms with Gasteiger partial charge in [0.2, 0.25) is 0 Å². The number of anilines is 1. The predicted molar refractivity (Wildman–Crippen MR) is 100 cm³/mol. The molecule has 0 saturated carbocycles. The second-order valence-electron chi connectivity index (χ2n) is 6.50. The zero-order valence-electron chi connectivity index (χ0n) is 15.3. The van der Waals surface area contributed by atoms with Crippen LogP contribution in [0, 0.1) is 18.3 Å². The minimum Gasteiger partial charge on any atom is -0.384 e. The molecule has 0 bridgehead atoms. The fourth-order valence-corrected chi connectivity index (χ4v) is 3.81. The van der Waals surface area contributed by atoms with E-state index in [1.165, 1.54) is 22.3 Å². The highest BCUT2D eigenvalue weighted by atomic mass is 15.2. The zero-order valence-corrected chi connectivity index (χ0v) is 15.3. The minimum atomic E-state index is -0.171. The highest BCUT2D eigenvalue weighted by molar-refractivity contribution is 5.67. The Labute approximate surface area is 148 Å². The number of aromatic nitrogens is 2. The van der Waals surface area contributed by atoms with Gasteiger partial charge in [0.1, 0.15) is 5.82 Å². The first-order chi connectivity index (χ1) is 12.0. The lowest BCUT2D eigenvalue weighted by molar-refractivity contribution is 0.868. The van der Waals surface area contributed by atoms with Crippen LogP contribution in [-0.2, 0) is 19.3 Å². The number of rotatable bonds is 4. The molecular weight excluding hydrogens is 310 g/mol. The first-order valence-corrected chi connectivity index (χ1v) is 8.91. The molecule has 0 spiro atoms. The van der Waals surface area contributed by atoms with Crippen molar-refractivity contribution in [3.8, 4) is 6.07 Å². The maximum absolute atomic E-state index is 9.82. The summed E-state index contributed by atoms with van der Waals surface area (Å²) < 4.78 is 0. The van der Waals surface area contributed by atoms with E-state index in [2.05, 4.69) is 54.5 Å². The Morgan fingerprint density at radius 2 is 1.76 bits per heavy atom. The molecule has 0 saturated heterocycles. The predicted octanol–water partition coefficient (Wildman–Crippen LogP) is 3.66. The molecule has 25 heavy (non-hydrogen) atoms. The molecule has 4 N–H and O–H groups in total. The summed E-state index contributed by atoms with van der Waals surface area (Å²) >= 11 is 0. The van der Waals surface area contributed by atoms with Crippen LogP contribution in [0.5, 0.6) is 0 Å². The van der Waals surface area contributed by atoms with Gasteiger partial charge in [-0.05, 0) is 48.4 Å². The average molecular weight is 335 g/mol. The fraction of sp³-hybridized carbons (Fsp3) is 0.400. The van der Waals surface area contributed by atoms with E-state index in [-0.39, 0.29) is 5.92 Å². The molecule has 0 fully saturated rings. The van der Waals surface area contributed by atoms with E-state index in [4.69, 9.17) is 5.73 Å². The van der Waals surface area contributed by atoms with Crippen LogP contribution in [0.1, 0.15) is 60.2 Å². The number of hydrogen-bond acceptors (Lipinski definition) is 4. The van der Waals surface area contributed by atoms with Crippen LogP contribution in [0.3, 0.4) is 0 Å². The zero-order chi connectivity index (χ0) is 18.1. The van der Waals surface area contributed by atoms with Crippen LogP contribution in [0.2, 0.25) is 0 Å². The minimum absolute atomic E-state index is 0.171. The van der Waals surface area contributed by atoms with Gasteiger partial charge in [0.05, 0.1) is 17.6 Å². The molecular formula is C20H25N5. The van der Waals surface area contributed by atoms with Crippen LogP contribution in [0.25, 0.3) is 0 Å². The molecule has 2 heterocycles. The molecule has 2 aromatic rings. The molecule has 1 atom stereocenters. The molecule has 1 aromatic heterocycles. The summed E-state index contributed by atoms with van der Waals surface area (Å²) in [6.07, 6.45) is 2.85. The Bertz CT molecular complexity index is 857. The number of allylic oxidation sites excluding steroid dienone is 1. The Kier molecular flexibility index (Phi) is 4.54. The van der Waals surface area contributed by atoms with Crippen LogP contribution in [-0.4, -0.2) is 10.2 Å². The molecule has 3 rings (SSSR count). The van der Waals surface area contributed by atoms with Crippen molar-refractivity contribution < 1.29 is 0 Å². The number of fused-ring (bicyclic) bond motifs is 1. The molecule has 5 nitrogen and oxygen atoms in total. The number of nitriles is 1. The van der Waals surface area contributed by atoms with Gasteiger partial charge >= 0.3 is 0 Å². The number of nitrogens with two attached hydrogens (primary N) is 1. The van der Waals surface area contributed by atoms with E-state index < -0.39 is 0 Å².